The van der Waals surface area contributed by atoms with Crippen molar-refractivity contribution in [2.75, 3.05) is 18.4 Å². The standard InChI is InChI=1S/C24H30N4O9S/c1-14(2)22(27-23(33)18(38(35)36)10-11-28-20(31)8-9-21(28)32)24(34)25-12-19(30)26-17-6-4-16(5-7-17)13-37-15(3)29/h4-9,14,18,22H,10-13H2,1-3H3,(H,25,34)(H,26,30)(H,27,33)(H,35,36). The minimum Gasteiger partial charge on any atom is -0.461 e. The van der Waals surface area contributed by atoms with E-state index in [4.69, 9.17) is 4.74 Å². The Bertz CT molecular complexity index is 1120. The van der Waals surface area contributed by atoms with E-state index in [2.05, 4.69) is 16.0 Å². The number of nitrogens with one attached hydrogen (secondary N) is 3. The van der Waals surface area contributed by atoms with Crippen molar-refractivity contribution in [2.45, 2.75) is 45.1 Å². The van der Waals surface area contributed by atoms with Crippen molar-refractivity contribution in [1.29, 1.82) is 0 Å². The molecule has 0 saturated heterocycles. The van der Waals surface area contributed by atoms with Crippen molar-refractivity contribution < 1.29 is 42.3 Å². The van der Waals surface area contributed by atoms with Crippen LogP contribution in [0.25, 0.3) is 0 Å². The van der Waals surface area contributed by atoms with Crippen LogP contribution in [0.1, 0.15) is 32.8 Å². The molecule has 14 heteroatoms. The molecule has 206 valence electrons. The van der Waals surface area contributed by atoms with Crippen molar-refractivity contribution in [2.24, 2.45) is 5.92 Å². The summed E-state index contributed by atoms with van der Waals surface area (Å²) in [6, 6.07) is 5.40. The fourth-order valence-electron chi connectivity index (χ4n) is 3.35. The highest BCUT2D eigenvalue weighted by Gasteiger charge is 2.33. The van der Waals surface area contributed by atoms with Gasteiger partial charge in [-0.1, -0.05) is 26.0 Å². The first kappa shape index (κ1) is 30.3. The minimum atomic E-state index is -2.64. The molecule has 1 aromatic carbocycles. The molecule has 3 atom stereocenters. The summed E-state index contributed by atoms with van der Waals surface area (Å²) in [6.45, 7) is 4.01. The molecule has 3 unspecified atom stereocenters. The maximum Gasteiger partial charge on any atom is 0.302 e. The van der Waals surface area contributed by atoms with Crippen molar-refractivity contribution in [3.63, 3.8) is 0 Å². The van der Waals surface area contributed by atoms with Gasteiger partial charge >= 0.3 is 5.97 Å². The molecule has 0 aliphatic carbocycles. The van der Waals surface area contributed by atoms with Gasteiger partial charge in [0.05, 0.1) is 6.54 Å². The van der Waals surface area contributed by atoms with E-state index in [1.54, 1.807) is 38.1 Å². The Hall–Kier alpha value is -3.91. The summed E-state index contributed by atoms with van der Waals surface area (Å²) in [4.78, 5) is 72.8. The lowest BCUT2D eigenvalue weighted by molar-refractivity contribution is -0.142. The average molecular weight is 551 g/mol. The van der Waals surface area contributed by atoms with Crippen LogP contribution >= 0.6 is 0 Å². The summed E-state index contributed by atoms with van der Waals surface area (Å²) < 4.78 is 26.3. The molecule has 5 amide bonds. The van der Waals surface area contributed by atoms with Gasteiger partial charge in [0.25, 0.3) is 11.8 Å². The number of amides is 5. The Labute approximate surface area is 221 Å². The first-order valence-corrected chi connectivity index (χ1v) is 12.8. The van der Waals surface area contributed by atoms with Crippen LogP contribution in [0, 0.1) is 5.92 Å². The van der Waals surface area contributed by atoms with E-state index in [-0.39, 0.29) is 19.6 Å². The maximum absolute atomic E-state index is 12.7. The van der Waals surface area contributed by atoms with Crippen LogP contribution in [0.3, 0.4) is 0 Å². The van der Waals surface area contributed by atoms with Gasteiger partial charge in [0, 0.05) is 31.3 Å². The Morgan fingerprint density at radius 2 is 1.63 bits per heavy atom. The molecular formula is C24H30N4O9S. The van der Waals surface area contributed by atoms with Gasteiger partial charge in [0.2, 0.25) is 17.7 Å². The third-order valence-corrected chi connectivity index (χ3v) is 6.34. The predicted octanol–water partition coefficient (Wildman–Crippen LogP) is -0.149. The molecule has 13 nitrogen and oxygen atoms in total. The van der Waals surface area contributed by atoms with Gasteiger partial charge in [-0.3, -0.25) is 33.7 Å². The number of hydrogen-bond acceptors (Lipinski definition) is 8. The average Bonchev–Trinajstić information content (AvgIpc) is 3.17. The quantitative estimate of drug-likeness (QED) is 0.147. The number of hydrogen-bond donors (Lipinski definition) is 4. The van der Waals surface area contributed by atoms with Gasteiger partial charge in [-0.05, 0) is 30.0 Å². The van der Waals surface area contributed by atoms with Gasteiger partial charge < -0.3 is 25.2 Å². The smallest absolute Gasteiger partial charge is 0.302 e. The number of carbonyl (C=O) groups is 6. The molecule has 0 saturated carbocycles. The van der Waals surface area contributed by atoms with Crippen molar-refractivity contribution in [3.05, 3.63) is 42.0 Å². The summed E-state index contributed by atoms with van der Waals surface area (Å²) in [5.74, 6) is -4.17. The van der Waals surface area contributed by atoms with Crippen molar-refractivity contribution >= 4 is 52.3 Å². The first-order chi connectivity index (χ1) is 17.9. The number of anilines is 1. The Kier molecular flexibility index (Phi) is 11.3. The Balaban J connectivity index is 1.89. The second kappa shape index (κ2) is 14.1. The normalized spacial score (nSPS) is 15.1. The monoisotopic (exact) mass is 550 g/mol. The van der Waals surface area contributed by atoms with Crippen LogP contribution in [0.4, 0.5) is 5.69 Å². The van der Waals surface area contributed by atoms with Gasteiger partial charge in [-0.25, -0.2) is 4.21 Å². The van der Waals surface area contributed by atoms with Crippen LogP contribution in [-0.2, 0) is 51.2 Å². The molecule has 1 aliphatic heterocycles. The second-order valence-corrected chi connectivity index (χ2v) is 9.81. The highest BCUT2D eigenvalue weighted by Crippen LogP contribution is 2.12. The largest absolute Gasteiger partial charge is 0.461 e. The van der Waals surface area contributed by atoms with E-state index in [1.807, 2.05) is 0 Å². The molecule has 1 heterocycles. The predicted molar refractivity (Wildman–Crippen MR) is 135 cm³/mol. The number of ether oxygens (including phenoxy) is 1. The number of carbonyl (C=O) groups excluding carboxylic acids is 6. The summed E-state index contributed by atoms with van der Waals surface area (Å²) in [7, 11) is 0. The SMILES string of the molecule is CC(=O)OCc1ccc(NC(=O)CNC(=O)C(NC(=O)C(CCN2C(=O)C=CC2=O)S(=O)O)C(C)C)cc1. The Morgan fingerprint density at radius 1 is 1.03 bits per heavy atom. The van der Waals surface area contributed by atoms with Crippen LogP contribution in [-0.4, -0.2) is 73.5 Å². The van der Waals surface area contributed by atoms with E-state index >= 15 is 0 Å². The number of imide groups is 1. The number of nitrogens with zero attached hydrogens (tertiary/aromatic N) is 1. The molecule has 0 aromatic heterocycles. The molecule has 38 heavy (non-hydrogen) atoms. The zero-order chi connectivity index (χ0) is 28.4. The molecule has 0 radical (unpaired) electrons. The van der Waals surface area contributed by atoms with Gasteiger partial charge in [-0.15, -0.1) is 0 Å². The molecule has 4 N–H and O–H groups in total. The van der Waals surface area contributed by atoms with E-state index in [1.165, 1.54) is 6.92 Å². The van der Waals surface area contributed by atoms with Crippen LogP contribution in [0.5, 0.6) is 0 Å². The lowest BCUT2D eigenvalue weighted by Crippen LogP contribution is -2.54. The van der Waals surface area contributed by atoms with Crippen LogP contribution in [0.15, 0.2) is 36.4 Å². The second-order valence-electron chi connectivity index (χ2n) is 8.69. The van der Waals surface area contributed by atoms with E-state index in [0.29, 0.717) is 5.69 Å². The zero-order valence-electron chi connectivity index (χ0n) is 21.1. The summed E-state index contributed by atoms with van der Waals surface area (Å²) in [5.41, 5.74) is 1.17. The fraction of sp³-hybridized carbons (Fsp3) is 0.417. The minimum absolute atomic E-state index is 0.0956. The molecule has 1 aromatic rings. The maximum atomic E-state index is 12.7. The summed E-state index contributed by atoms with van der Waals surface area (Å²) in [6.07, 6.45) is 1.83. The van der Waals surface area contributed by atoms with Crippen LogP contribution < -0.4 is 16.0 Å². The number of benzene rings is 1. The van der Waals surface area contributed by atoms with E-state index < -0.39 is 70.3 Å². The molecule has 0 spiro atoms. The van der Waals surface area contributed by atoms with Gasteiger partial charge in [0.15, 0.2) is 11.1 Å². The molecular weight excluding hydrogens is 520 g/mol. The third-order valence-electron chi connectivity index (χ3n) is 5.40. The van der Waals surface area contributed by atoms with Crippen LogP contribution in [0.2, 0.25) is 0 Å². The van der Waals surface area contributed by atoms with Gasteiger partial charge in [-0.2, -0.15) is 0 Å². The van der Waals surface area contributed by atoms with Crippen molar-refractivity contribution in [3.8, 4) is 0 Å². The topological polar surface area (TPSA) is 188 Å². The molecule has 0 fully saturated rings. The molecule has 0 bridgehead atoms. The summed E-state index contributed by atoms with van der Waals surface area (Å²) >= 11 is -2.64. The third kappa shape index (κ3) is 9.19. The molecule has 2 rings (SSSR count). The fourth-order valence-corrected chi connectivity index (χ4v) is 3.91. The first-order valence-electron chi connectivity index (χ1n) is 11.6. The van der Waals surface area contributed by atoms with Gasteiger partial charge in [0.1, 0.15) is 17.9 Å². The lowest BCUT2D eigenvalue weighted by Gasteiger charge is -2.24. The number of rotatable bonds is 13. The Morgan fingerprint density at radius 3 is 2.16 bits per heavy atom. The number of esters is 1. The highest BCUT2D eigenvalue weighted by atomic mass is 32.2. The summed E-state index contributed by atoms with van der Waals surface area (Å²) in [5, 5.41) is 5.94. The van der Waals surface area contributed by atoms with E-state index in [0.717, 1.165) is 22.6 Å². The highest BCUT2D eigenvalue weighted by molar-refractivity contribution is 7.80. The lowest BCUT2D eigenvalue weighted by atomic mass is 10.0. The zero-order valence-corrected chi connectivity index (χ0v) is 21.9. The van der Waals surface area contributed by atoms with Crippen molar-refractivity contribution in [1.82, 2.24) is 15.5 Å². The van der Waals surface area contributed by atoms with E-state index in [9.17, 15) is 37.5 Å². The molecule has 1 aliphatic rings.